The lowest BCUT2D eigenvalue weighted by Gasteiger charge is -2.25. The lowest BCUT2D eigenvalue weighted by Crippen LogP contribution is -2.36. The van der Waals surface area contributed by atoms with E-state index in [1.54, 1.807) is 0 Å². The molecule has 2 heteroatoms. The number of likely N-dealkylation sites (tertiary alicyclic amines) is 1. The van der Waals surface area contributed by atoms with Gasteiger partial charge in [-0.05, 0) is 38.0 Å². The van der Waals surface area contributed by atoms with E-state index < -0.39 is 0 Å². The molecule has 0 spiro atoms. The summed E-state index contributed by atoms with van der Waals surface area (Å²) in [5.74, 6) is 1.91. The number of Topliss-reactive ketones (excluding diaryl/α,β-unsaturated/α-hetero) is 1. The molecule has 3 aliphatic rings. The number of carbonyl (C=O) groups excluding carboxylic acids is 1. The molecule has 3 rings (SSSR count). The minimum Gasteiger partial charge on any atom is -0.298 e. The van der Waals surface area contributed by atoms with Crippen molar-refractivity contribution in [2.24, 2.45) is 11.8 Å². The summed E-state index contributed by atoms with van der Waals surface area (Å²) in [5.41, 5.74) is 0. The second-order valence-corrected chi connectivity index (χ2v) is 5.00. The van der Waals surface area contributed by atoms with Gasteiger partial charge < -0.3 is 0 Å². The van der Waals surface area contributed by atoms with Gasteiger partial charge in [-0.1, -0.05) is 0 Å². The van der Waals surface area contributed by atoms with Crippen LogP contribution in [0, 0.1) is 11.8 Å². The monoisotopic (exact) mass is 179 g/mol. The third-order valence-corrected chi connectivity index (χ3v) is 3.91. The fourth-order valence-electron chi connectivity index (χ4n) is 2.95. The molecule has 0 amide bonds. The van der Waals surface area contributed by atoms with E-state index >= 15 is 0 Å². The van der Waals surface area contributed by atoms with Crippen LogP contribution in [0.15, 0.2) is 0 Å². The number of nitrogens with zero attached hydrogens (tertiary/aromatic N) is 1. The quantitative estimate of drug-likeness (QED) is 0.653. The standard InChI is InChI=1S/C11H17NO/c13-11(9-2-3-9)7-12-6-8-1-4-10(12)5-8/h8-10H,1-7H2. The van der Waals surface area contributed by atoms with Gasteiger partial charge in [0.15, 0.2) is 0 Å². The Morgan fingerprint density at radius 1 is 1.23 bits per heavy atom. The first-order chi connectivity index (χ1) is 6.33. The first-order valence-corrected chi connectivity index (χ1v) is 5.59. The van der Waals surface area contributed by atoms with Gasteiger partial charge in [-0.15, -0.1) is 0 Å². The Balaban J connectivity index is 1.58. The first-order valence-electron chi connectivity index (χ1n) is 5.59. The zero-order valence-corrected chi connectivity index (χ0v) is 8.04. The molecule has 13 heavy (non-hydrogen) atoms. The number of hydrogen-bond donors (Lipinski definition) is 0. The fourth-order valence-corrected chi connectivity index (χ4v) is 2.95. The van der Waals surface area contributed by atoms with E-state index in [2.05, 4.69) is 4.90 Å². The van der Waals surface area contributed by atoms with E-state index in [-0.39, 0.29) is 0 Å². The number of hydrogen-bond acceptors (Lipinski definition) is 2. The Bertz CT molecular complexity index is 234. The molecule has 2 saturated carbocycles. The van der Waals surface area contributed by atoms with Crippen molar-refractivity contribution in [3.63, 3.8) is 0 Å². The van der Waals surface area contributed by atoms with Gasteiger partial charge >= 0.3 is 0 Å². The molecule has 2 unspecified atom stereocenters. The maximum absolute atomic E-state index is 11.6. The summed E-state index contributed by atoms with van der Waals surface area (Å²) in [6.45, 7) is 1.98. The van der Waals surface area contributed by atoms with Crippen LogP contribution in [0.1, 0.15) is 32.1 Å². The Labute approximate surface area is 79.3 Å². The van der Waals surface area contributed by atoms with E-state index in [4.69, 9.17) is 0 Å². The molecule has 2 aliphatic carbocycles. The van der Waals surface area contributed by atoms with E-state index in [0.717, 1.165) is 18.5 Å². The molecule has 1 heterocycles. The van der Waals surface area contributed by atoms with Crippen molar-refractivity contribution >= 4 is 5.78 Å². The van der Waals surface area contributed by atoms with Crippen molar-refractivity contribution in [3.05, 3.63) is 0 Å². The average Bonchev–Trinajstić information content (AvgIpc) is 2.79. The molecule has 1 saturated heterocycles. The molecule has 2 bridgehead atoms. The van der Waals surface area contributed by atoms with E-state index in [0.29, 0.717) is 11.7 Å². The molecule has 3 fully saturated rings. The van der Waals surface area contributed by atoms with Crippen LogP contribution in [0.3, 0.4) is 0 Å². The van der Waals surface area contributed by atoms with Crippen molar-refractivity contribution in [2.45, 2.75) is 38.1 Å². The van der Waals surface area contributed by atoms with Crippen LogP contribution in [0.4, 0.5) is 0 Å². The number of ketones is 1. The molecule has 0 radical (unpaired) electrons. The number of piperidine rings is 1. The fraction of sp³-hybridized carbons (Fsp3) is 0.909. The van der Waals surface area contributed by atoms with Crippen LogP contribution in [-0.2, 0) is 4.79 Å². The summed E-state index contributed by atoms with van der Waals surface area (Å²) in [6.07, 6.45) is 6.47. The molecular weight excluding hydrogens is 162 g/mol. The van der Waals surface area contributed by atoms with Crippen molar-refractivity contribution in [2.75, 3.05) is 13.1 Å². The average molecular weight is 179 g/mol. The van der Waals surface area contributed by atoms with Crippen LogP contribution in [0.25, 0.3) is 0 Å². The van der Waals surface area contributed by atoms with Gasteiger partial charge in [-0.2, -0.15) is 0 Å². The molecule has 1 aliphatic heterocycles. The summed E-state index contributed by atoms with van der Waals surface area (Å²) >= 11 is 0. The molecule has 72 valence electrons. The first kappa shape index (κ1) is 7.98. The Morgan fingerprint density at radius 2 is 2.08 bits per heavy atom. The summed E-state index contributed by atoms with van der Waals surface area (Å²) in [7, 11) is 0. The lowest BCUT2D eigenvalue weighted by molar-refractivity contribution is -0.121. The number of carbonyl (C=O) groups is 1. The predicted molar refractivity (Wildman–Crippen MR) is 50.4 cm³/mol. The Morgan fingerprint density at radius 3 is 2.62 bits per heavy atom. The van der Waals surface area contributed by atoms with Gasteiger partial charge in [0.25, 0.3) is 0 Å². The van der Waals surface area contributed by atoms with Crippen molar-refractivity contribution in [1.82, 2.24) is 4.90 Å². The second kappa shape index (κ2) is 2.81. The van der Waals surface area contributed by atoms with Crippen molar-refractivity contribution in [3.8, 4) is 0 Å². The number of fused-ring (bicyclic) bond motifs is 2. The van der Waals surface area contributed by atoms with Gasteiger partial charge in [-0.25, -0.2) is 0 Å². The molecule has 2 nitrogen and oxygen atoms in total. The molecule has 2 atom stereocenters. The van der Waals surface area contributed by atoms with Crippen molar-refractivity contribution < 1.29 is 4.79 Å². The summed E-state index contributed by atoms with van der Waals surface area (Å²) in [5, 5.41) is 0. The smallest absolute Gasteiger partial charge is 0.149 e. The van der Waals surface area contributed by atoms with E-state index in [9.17, 15) is 4.79 Å². The molecule has 0 aromatic rings. The van der Waals surface area contributed by atoms with Crippen LogP contribution < -0.4 is 0 Å². The van der Waals surface area contributed by atoms with Gasteiger partial charge in [0.05, 0.1) is 6.54 Å². The number of rotatable bonds is 3. The molecule has 0 N–H and O–H groups in total. The van der Waals surface area contributed by atoms with E-state index in [1.165, 1.54) is 38.6 Å². The molecule has 0 aromatic heterocycles. The second-order valence-electron chi connectivity index (χ2n) is 5.00. The maximum Gasteiger partial charge on any atom is 0.149 e. The zero-order valence-electron chi connectivity index (χ0n) is 8.04. The van der Waals surface area contributed by atoms with Crippen LogP contribution in [-0.4, -0.2) is 29.8 Å². The minimum atomic E-state index is 0.458. The van der Waals surface area contributed by atoms with Gasteiger partial charge in [0.2, 0.25) is 0 Å². The SMILES string of the molecule is O=C(CN1CC2CCC1C2)C1CC1. The predicted octanol–water partition coefficient (Wildman–Crippen LogP) is 1.45. The Hall–Kier alpha value is -0.370. The highest BCUT2D eigenvalue weighted by molar-refractivity contribution is 5.85. The normalized spacial score (nSPS) is 38.5. The largest absolute Gasteiger partial charge is 0.298 e. The summed E-state index contributed by atoms with van der Waals surface area (Å²) in [6, 6.07) is 0.771. The van der Waals surface area contributed by atoms with Gasteiger partial charge in [0, 0.05) is 18.5 Å². The van der Waals surface area contributed by atoms with Gasteiger partial charge in [0.1, 0.15) is 5.78 Å². The van der Waals surface area contributed by atoms with Crippen LogP contribution in [0.5, 0.6) is 0 Å². The summed E-state index contributed by atoms with van der Waals surface area (Å²) < 4.78 is 0. The third kappa shape index (κ3) is 1.41. The maximum atomic E-state index is 11.6. The third-order valence-electron chi connectivity index (χ3n) is 3.91. The Kier molecular flexibility index (Phi) is 1.72. The topological polar surface area (TPSA) is 20.3 Å². The highest BCUT2D eigenvalue weighted by Crippen LogP contribution is 2.38. The molecule has 0 aromatic carbocycles. The summed E-state index contributed by atoms with van der Waals surface area (Å²) in [4.78, 5) is 14.0. The van der Waals surface area contributed by atoms with Gasteiger partial charge in [-0.3, -0.25) is 9.69 Å². The minimum absolute atomic E-state index is 0.458. The highest BCUT2D eigenvalue weighted by Gasteiger charge is 2.40. The zero-order chi connectivity index (χ0) is 8.84. The van der Waals surface area contributed by atoms with Crippen molar-refractivity contribution in [1.29, 1.82) is 0 Å². The van der Waals surface area contributed by atoms with E-state index in [1.807, 2.05) is 0 Å². The van der Waals surface area contributed by atoms with Crippen LogP contribution >= 0.6 is 0 Å². The van der Waals surface area contributed by atoms with Crippen LogP contribution in [0.2, 0.25) is 0 Å². The lowest BCUT2D eigenvalue weighted by atomic mass is 10.1. The molecular formula is C11H17NO. The highest BCUT2D eigenvalue weighted by atomic mass is 16.1.